The van der Waals surface area contributed by atoms with E-state index < -0.39 is 0 Å². The first-order valence-electron chi connectivity index (χ1n) is 3.65. The van der Waals surface area contributed by atoms with Gasteiger partial charge in [0.25, 0.3) is 0 Å². The third kappa shape index (κ3) is 1.01. The van der Waals surface area contributed by atoms with E-state index in [0.29, 0.717) is 0 Å². The third-order valence-corrected chi connectivity index (χ3v) is 2.21. The summed E-state index contributed by atoms with van der Waals surface area (Å²) in [5.74, 6) is 0. The van der Waals surface area contributed by atoms with Crippen LogP contribution in [0, 0.1) is 0 Å². The molecule has 0 aromatic carbocycles. The Morgan fingerprint density at radius 1 is 1.58 bits per heavy atom. The van der Waals surface area contributed by atoms with Crippen LogP contribution in [-0.4, -0.2) is 19.7 Å². The van der Waals surface area contributed by atoms with Gasteiger partial charge >= 0.3 is 0 Å². The van der Waals surface area contributed by atoms with Crippen molar-refractivity contribution in [1.29, 1.82) is 0 Å². The maximum atomic E-state index is 4.24. The molecule has 0 aliphatic heterocycles. The number of aryl methyl sites for hydroxylation is 1. The molecule has 0 atom stereocenters. The zero-order valence-electron chi connectivity index (χ0n) is 6.53. The monoisotopic (exact) mass is 226 g/mol. The predicted molar refractivity (Wildman–Crippen MR) is 48.7 cm³/mol. The van der Waals surface area contributed by atoms with Crippen LogP contribution in [0.5, 0.6) is 0 Å². The van der Waals surface area contributed by atoms with Crippen molar-refractivity contribution < 1.29 is 0 Å². The standard InChI is InChI=1S/C7H7BrN4/c1-2-12-5-3-9-4-10-6(5)7(8)11-12/h3-4H,2H2,1H3. The Bertz CT molecular complexity index is 409. The van der Waals surface area contributed by atoms with E-state index in [-0.39, 0.29) is 0 Å². The van der Waals surface area contributed by atoms with Crippen LogP contribution in [0.2, 0.25) is 0 Å². The van der Waals surface area contributed by atoms with Gasteiger partial charge in [0.15, 0.2) is 4.60 Å². The molecule has 0 aliphatic carbocycles. The Balaban J connectivity index is 2.82. The number of rotatable bonds is 1. The topological polar surface area (TPSA) is 43.6 Å². The molecular weight excluding hydrogens is 220 g/mol. The van der Waals surface area contributed by atoms with Crippen molar-refractivity contribution in [3.8, 4) is 0 Å². The Morgan fingerprint density at radius 2 is 2.42 bits per heavy atom. The van der Waals surface area contributed by atoms with E-state index in [2.05, 4.69) is 31.0 Å². The molecule has 0 saturated heterocycles. The van der Waals surface area contributed by atoms with Gasteiger partial charge in [0.1, 0.15) is 17.4 Å². The molecule has 0 unspecified atom stereocenters. The third-order valence-electron chi connectivity index (χ3n) is 1.67. The fraction of sp³-hybridized carbons (Fsp3) is 0.286. The highest BCUT2D eigenvalue weighted by atomic mass is 79.9. The number of nitrogens with zero attached hydrogens (tertiary/aromatic N) is 4. The van der Waals surface area contributed by atoms with Crippen LogP contribution in [0.4, 0.5) is 0 Å². The molecule has 0 radical (unpaired) electrons. The van der Waals surface area contributed by atoms with Gasteiger partial charge in [-0.3, -0.25) is 4.68 Å². The molecule has 5 heteroatoms. The lowest BCUT2D eigenvalue weighted by Gasteiger charge is -1.94. The fourth-order valence-electron chi connectivity index (χ4n) is 1.12. The number of hydrogen-bond donors (Lipinski definition) is 0. The minimum Gasteiger partial charge on any atom is -0.261 e. The van der Waals surface area contributed by atoms with Gasteiger partial charge in [0, 0.05) is 6.54 Å². The van der Waals surface area contributed by atoms with Crippen molar-refractivity contribution in [2.24, 2.45) is 0 Å². The van der Waals surface area contributed by atoms with Gasteiger partial charge in [-0.2, -0.15) is 5.10 Å². The van der Waals surface area contributed by atoms with E-state index >= 15 is 0 Å². The van der Waals surface area contributed by atoms with Gasteiger partial charge in [-0.15, -0.1) is 0 Å². The van der Waals surface area contributed by atoms with E-state index in [1.807, 2.05) is 11.6 Å². The molecule has 4 nitrogen and oxygen atoms in total. The van der Waals surface area contributed by atoms with Crippen molar-refractivity contribution in [2.45, 2.75) is 13.5 Å². The lowest BCUT2D eigenvalue weighted by atomic mass is 10.5. The molecule has 0 spiro atoms. The zero-order valence-corrected chi connectivity index (χ0v) is 8.11. The van der Waals surface area contributed by atoms with E-state index in [9.17, 15) is 0 Å². The maximum absolute atomic E-state index is 4.24. The van der Waals surface area contributed by atoms with Crippen molar-refractivity contribution in [2.75, 3.05) is 0 Å². The highest BCUT2D eigenvalue weighted by molar-refractivity contribution is 9.10. The predicted octanol–water partition coefficient (Wildman–Crippen LogP) is 1.61. The van der Waals surface area contributed by atoms with Crippen LogP contribution in [0.1, 0.15) is 6.92 Å². The highest BCUT2D eigenvalue weighted by Gasteiger charge is 2.06. The summed E-state index contributed by atoms with van der Waals surface area (Å²) in [6, 6.07) is 0. The van der Waals surface area contributed by atoms with Crippen LogP contribution in [-0.2, 0) is 6.54 Å². The summed E-state index contributed by atoms with van der Waals surface area (Å²) in [5, 5.41) is 4.24. The molecule has 0 N–H and O–H groups in total. The first kappa shape index (κ1) is 7.67. The van der Waals surface area contributed by atoms with Crippen LogP contribution in [0.25, 0.3) is 11.0 Å². The molecule has 2 aromatic rings. The molecule has 2 aromatic heterocycles. The molecule has 0 fully saturated rings. The van der Waals surface area contributed by atoms with E-state index in [0.717, 1.165) is 22.2 Å². The number of fused-ring (bicyclic) bond motifs is 1. The van der Waals surface area contributed by atoms with Gasteiger partial charge in [0.2, 0.25) is 0 Å². The van der Waals surface area contributed by atoms with Crippen LogP contribution in [0.3, 0.4) is 0 Å². The van der Waals surface area contributed by atoms with Gasteiger partial charge in [-0.05, 0) is 22.9 Å². The molecule has 12 heavy (non-hydrogen) atoms. The lowest BCUT2D eigenvalue weighted by Crippen LogP contribution is -1.95. The van der Waals surface area contributed by atoms with E-state index in [1.165, 1.54) is 6.33 Å². The van der Waals surface area contributed by atoms with Crippen molar-refractivity contribution in [1.82, 2.24) is 19.7 Å². The Morgan fingerprint density at radius 3 is 3.17 bits per heavy atom. The number of aromatic nitrogens is 4. The molecule has 0 aliphatic rings. The average molecular weight is 227 g/mol. The summed E-state index contributed by atoms with van der Waals surface area (Å²) in [4.78, 5) is 8.05. The molecule has 0 bridgehead atoms. The van der Waals surface area contributed by atoms with E-state index in [1.54, 1.807) is 6.20 Å². The normalized spacial score (nSPS) is 10.8. The van der Waals surface area contributed by atoms with Crippen LogP contribution in [0.15, 0.2) is 17.1 Å². The minimum absolute atomic E-state index is 0.779. The van der Waals surface area contributed by atoms with Crippen LogP contribution < -0.4 is 0 Å². The first-order valence-corrected chi connectivity index (χ1v) is 4.44. The first-order chi connectivity index (χ1) is 5.83. The number of halogens is 1. The molecule has 2 heterocycles. The molecule has 2 rings (SSSR count). The van der Waals surface area contributed by atoms with Crippen LogP contribution >= 0.6 is 15.9 Å². The van der Waals surface area contributed by atoms with E-state index in [4.69, 9.17) is 0 Å². The minimum atomic E-state index is 0.779. The summed E-state index contributed by atoms with van der Waals surface area (Å²) < 4.78 is 2.64. The highest BCUT2D eigenvalue weighted by Crippen LogP contribution is 2.19. The summed E-state index contributed by atoms with van der Waals surface area (Å²) in [6.45, 7) is 2.86. The Labute approximate surface area is 77.8 Å². The number of hydrogen-bond acceptors (Lipinski definition) is 3. The summed E-state index contributed by atoms with van der Waals surface area (Å²) in [7, 11) is 0. The van der Waals surface area contributed by atoms with Gasteiger partial charge < -0.3 is 0 Å². The molecule has 62 valence electrons. The second-order valence-electron chi connectivity index (χ2n) is 2.36. The second kappa shape index (κ2) is 2.82. The zero-order chi connectivity index (χ0) is 8.55. The van der Waals surface area contributed by atoms with Gasteiger partial charge in [-0.1, -0.05) is 0 Å². The largest absolute Gasteiger partial charge is 0.261 e. The quantitative estimate of drug-likeness (QED) is 0.743. The summed E-state index contributed by atoms with van der Waals surface area (Å²) in [6.07, 6.45) is 3.29. The van der Waals surface area contributed by atoms with Crippen molar-refractivity contribution in [3.05, 3.63) is 17.1 Å². The molecular formula is C7H7BrN4. The fourth-order valence-corrected chi connectivity index (χ4v) is 1.62. The van der Waals surface area contributed by atoms with Crippen molar-refractivity contribution in [3.63, 3.8) is 0 Å². The Hall–Kier alpha value is -0.970. The second-order valence-corrected chi connectivity index (χ2v) is 3.11. The van der Waals surface area contributed by atoms with Gasteiger partial charge in [0.05, 0.1) is 6.20 Å². The summed E-state index contributed by atoms with van der Waals surface area (Å²) in [5.41, 5.74) is 1.83. The Kier molecular flexibility index (Phi) is 1.80. The smallest absolute Gasteiger partial charge is 0.154 e. The molecule has 0 amide bonds. The van der Waals surface area contributed by atoms with Gasteiger partial charge in [-0.25, -0.2) is 9.97 Å². The maximum Gasteiger partial charge on any atom is 0.154 e. The SMILES string of the molecule is CCn1nc(Br)c2ncncc21. The summed E-state index contributed by atoms with van der Waals surface area (Å²) >= 11 is 3.34. The van der Waals surface area contributed by atoms with Crippen molar-refractivity contribution >= 4 is 27.0 Å². The molecule has 0 saturated carbocycles. The average Bonchev–Trinajstić information content (AvgIpc) is 2.44. The lowest BCUT2D eigenvalue weighted by molar-refractivity contribution is 0.678.